The number of anilines is 4. The normalized spacial score (nSPS) is 14.1. The van der Waals surface area contributed by atoms with Gasteiger partial charge in [-0.3, -0.25) is 0 Å². The van der Waals surface area contributed by atoms with E-state index >= 15 is 0 Å². The summed E-state index contributed by atoms with van der Waals surface area (Å²) in [5.41, 5.74) is 2.24. The first-order valence-corrected chi connectivity index (χ1v) is 9.11. The first kappa shape index (κ1) is 17.1. The lowest BCUT2D eigenvalue weighted by molar-refractivity contribution is 0.415. The van der Waals surface area contributed by atoms with Crippen LogP contribution < -0.4 is 19.9 Å². The van der Waals surface area contributed by atoms with Crippen LogP contribution in [-0.4, -0.2) is 43.3 Å². The van der Waals surface area contributed by atoms with Gasteiger partial charge in [-0.2, -0.15) is 4.98 Å². The molecule has 4 rings (SSSR count). The Morgan fingerprint density at radius 3 is 2.26 bits per heavy atom. The molecule has 0 amide bonds. The van der Waals surface area contributed by atoms with E-state index in [0.29, 0.717) is 0 Å². The third-order valence-electron chi connectivity index (χ3n) is 4.69. The van der Waals surface area contributed by atoms with Crippen LogP contribution in [0.15, 0.2) is 66.9 Å². The molecule has 1 aliphatic rings. The monoisotopic (exact) mass is 361 g/mol. The lowest BCUT2D eigenvalue weighted by Gasteiger charge is -2.36. The van der Waals surface area contributed by atoms with Crippen LogP contribution in [0.2, 0.25) is 0 Å². The summed E-state index contributed by atoms with van der Waals surface area (Å²) in [6.45, 7) is 3.65. The largest absolute Gasteiger partial charge is 0.497 e. The summed E-state index contributed by atoms with van der Waals surface area (Å²) in [6, 6.07) is 20.2. The van der Waals surface area contributed by atoms with E-state index in [-0.39, 0.29) is 0 Å². The number of hydrogen-bond donors (Lipinski definition) is 1. The number of ether oxygens (including phenoxy) is 1. The lowest BCUT2D eigenvalue weighted by atomic mass is 10.2. The van der Waals surface area contributed by atoms with Crippen LogP contribution in [0.5, 0.6) is 5.75 Å². The molecule has 0 bridgehead atoms. The summed E-state index contributed by atoms with van der Waals surface area (Å²) in [4.78, 5) is 13.8. The Morgan fingerprint density at radius 2 is 1.56 bits per heavy atom. The van der Waals surface area contributed by atoms with E-state index in [0.717, 1.165) is 49.4 Å². The molecule has 1 N–H and O–H groups in total. The maximum atomic E-state index is 5.24. The zero-order valence-corrected chi connectivity index (χ0v) is 15.4. The molecule has 1 fully saturated rings. The van der Waals surface area contributed by atoms with E-state index in [9.17, 15) is 0 Å². The molecule has 1 saturated heterocycles. The number of rotatable bonds is 5. The van der Waals surface area contributed by atoms with Crippen molar-refractivity contribution < 1.29 is 4.74 Å². The molecule has 27 heavy (non-hydrogen) atoms. The van der Waals surface area contributed by atoms with E-state index < -0.39 is 0 Å². The highest BCUT2D eigenvalue weighted by molar-refractivity contribution is 5.57. The van der Waals surface area contributed by atoms with Crippen molar-refractivity contribution in [2.45, 2.75) is 0 Å². The number of aromatic nitrogens is 2. The van der Waals surface area contributed by atoms with Crippen LogP contribution >= 0.6 is 0 Å². The smallest absolute Gasteiger partial charge is 0.227 e. The summed E-state index contributed by atoms with van der Waals surface area (Å²) in [5.74, 6) is 2.46. The van der Waals surface area contributed by atoms with Crippen molar-refractivity contribution in [1.29, 1.82) is 0 Å². The predicted octanol–water partition coefficient (Wildman–Crippen LogP) is 3.56. The number of methoxy groups -OCH3 is 1. The van der Waals surface area contributed by atoms with Crippen LogP contribution in [0.3, 0.4) is 0 Å². The highest BCUT2D eigenvalue weighted by atomic mass is 16.5. The second-order valence-corrected chi connectivity index (χ2v) is 6.41. The molecule has 6 nitrogen and oxygen atoms in total. The van der Waals surface area contributed by atoms with E-state index in [1.54, 1.807) is 7.11 Å². The average Bonchev–Trinajstić information content (AvgIpc) is 2.75. The maximum absolute atomic E-state index is 5.24. The van der Waals surface area contributed by atoms with Crippen molar-refractivity contribution in [3.05, 3.63) is 66.9 Å². The second kappa shape index (κ2) is 7.95. The predicted molar refractivity (Wildman–Crippen MR) is 109 cm³/mol. The highest BCUT2D eigenvalue weighted by Crippen LogP contribution is 2.22. The Morgan fingerprint density at radius 1 is 0.852 bits per heavy atom. The summed E-state index contributed by atoms with van der Waals surface area (Å²) in [5, 5.41) is 3.33. The van der Waals surface area contributed by atoms with Gasteiger partial charge in [0.2, 0.25) is 5.95 Å². The summed E-state index contributed by atoms with van der Waals surface area (Å²) in [6.07, 6.45) is 1.81. The fraction of sp³-hybridized carbons (Fsp3) is 0.238. The van der Waals surface area contributed by atoms with Gasteiger partial charge < -0.3 is 19.9 Å². The number of para-hydroxylation sites is 1. The highest BCUT2D eigenvalue weighted by Gasteiger charge is 2.19. The molecule has 1 aromatic heterocycles. The van der Waals surface area contributed by atoms with Gasteiger partial charge in [0.05, 0.1) is 7.11 Å². The molecule has 138 valence electrons. The number of benzene rings is 2. The van der Waals surface area contributed by atoms with Crippen LogP contribution in [0.25, 0.3) is 0 Å². The van der Waals surface area contributed by atoms with Crippen molar-refractivity contribution >= 4 is 23.1 Å². The van der Waals surface area contributed by atoms with Gasteiger partial charge in [0.25, 0.3) is 0 Å². The van der Waals surface area contributed by atoms with Crippen molar-refractivity contribution in [1.82, 2.24) is 9.97 Å². The van der Waals surface area contributed by atoms with Gasteiger partial charge in [-0.15, -0.1) is 0 Å². The molecule has 3 aromatic rings. The molecule has 0 radical (unpaired) electrons. The molecule has 6 heteroatoms. The minimum atomic E-state index is 0.769. The minimum absolute atomic E-state index is 0.769. The van der Waals surface area contributed by atoms with Gasteiger partial charge in [-0.25, -0.2) is 4.98 Å². The third-order valence-corrected chi connectivity index (χ3v) is 4.69. The molecule has 2 aromatic carbocycles. The van der Waals surface area contributed by atoms with E-state index in [1.165, 1.54) is 5.69 Å². The SMILES string of the molecule is COc1ccc(N2CCN(c3nccc(Nc4ccccc4)n3)CC2)cc1. The maximum Gasteiger partial charge on any atom is 0.227 e. The topological polar surface area (TPSA) is 53.5 Å². The summed E-state index contributed by atoms with van der Waals surface area (Å²) < 4.78 is 5.24. The van der Waals surface area contributed by atoms with Crippen molar-refractivity contribution in [2.24, 2.45) is 0 Å². The Labute approximate surface area is 159 Å². The molecular formula is C21H23N5O. The van der Waals surface area contributed by atoms with Crippen LogP contribution in [0.4, 0.5) is 23.1 Å². The molecule has 2 heterocycles. The Kier molecular flexibility index (Phi) is 5.05. The summed E-state index contributed by atoms with van der Waals surface area (Å²) >= 11 is 0. The van der Waals surface area contributed by atoms with Crippen LogP contribution in [0, 0.1) is 0 Å². The van der Waals surface area contributed by atoms with E-state index in [1.807, 2.05) is 54.7 Å². The first-order valence-electron chi connectivity index (χ1n) is 9.11. The van der Waals surface area contributed by atoms with Gasteiger partial charge in [0.15, 0.2) is 0 Å². The molecule has 0 aliphatic carbocycles. The van der Waals surface area contributed by atoms with Gasteiger partial charge in [0.1, 0.15) is 11.6 Å². The third kappa shape index (κ3) is 4.11. The number of hydrogen-bond acceptors (Lipinski definition) is 6. The van der Waals surface area contributed by atoms with Gasteiger partial charge >= 0.3 is 0 Å². The minimum Gasteiger partial charge on any atom is -0.497 e. The fourth-order valence-corrected chi connectivity index (χ4v) is 3.20. The Balaban J connectivity index is 1.39. The number of nitrogens with one attached hydrogen (secondary N) is 1. The number of nitrogens with zero attached hydrogens (tertiary/aromatic N) is 4. The second-order valence-electron chi connectivity index (χ2n) is 6.41. The number of piperazine rings is 1. The average molecular weight is 361 g/mol. The zero-order valence-electron chi connectivity index (χ0n) is 15.4. The Hall–Kier alpha value is -3.28. The molecular weight excluding hydrogens is 338 g/mol. The zero-order chi connectivity index (χ0) is 18.5. The quantitative estimate of drug-likeness (QED) is 0.750. The fourth-order valence-electron chi connectivity index (χ4n) is 3.20. The van der Waals surface area contributed by atoms with Crippen molar-refractivity contribution in [2.75, 3.05) is 48.4 Å². The van der Waals surface area contributed by atoms with Gasteiger partial charge in [-0.05, 0) is 42.5 Å². The van der Waals surface area contributed by atoms with Crippen molar-refractivity contribution in [3.8, 4) is 5.75 Å². The summed E-state index contributed by atoms with van der Waals surface area (Å²) in [7, 11) is 1.69. The molecule has 0 saturated carbocycles. The van der Waals surface area contributed by atoms with E-state index in [4.69, 9.17) is 4.74 Å². The van der Waals surface area contributed by atoms with Crippen LogP contribution in [-0.2, 0) is 0 Å². The van der Waals surface area contributed by atoms with E-state index in [2.05, 4.69) is 37.2 Å². The molecule has 0 atom stereocenters. The Bertz CT molecular complexity index is 861. The molecule has 0 spiro atoms. The van der Waals surface area contributed by atoms with Crippen molar-refractivity contribution in [3.63, 3.8) is 0 Å². The lowest BCUT2D eigenvalue weighted by Crippen LogP contribution is -2.47. The first-order chi connectivity index (χ1) is 13.3. The van der Waals surface area contributed by atoms with Crippen LogP contribution in [0.1, 0.15) is 0 Å². The molecule has 0 unspecified atom stereocenters. The standard InChI is InChI=1S/C21H23N5O/c1-27-19-9-7-18(8-10-19)25-13-15-26(16-14-25)21-22-12-11-20(24-21)23-17-5-3-2-4-6-17/h2-12H,13-16H2,1H3,(H,22,23,24). The van der Waals surface area contributed by atoms with Gasteiger partial charge in [0, 0.05) is 43.8 Å². The van der Waals surface area contributed by atoms with Gasteiger partial charge in [-0.1, -0.05) is 18.2 Å². The molecule has 1 aliphatic heterocycles.